The van der Waals surface area contributed by atoms with Gasteiger partial charge in [-0.3, -0.25) is 4.79 Å². The van der Waals surface area contributed by atoms with Gasteiger partial charge in [0.25, 0.3) is 12.2 Å². The van der Waals surface area contributed by atoms with Gasteiger partial charge in [0.15, 0.2) is 4.69 Å². The van der Waals surface area contributed by atoms with Gasteiger partial charge in [-0.1, -0.05) is 62.7 Å². The third-order valence-corrected chi connectivity index (χ3v) is 17.3. The summed E-state index contributed by atoms with van der Waals surface area (Å²) in [5, 5.41) is 19.1. The number of aromatic hydroxyl groups is 1. The van der Waals surface area contributed by atoms with E-state index in [-0.39, 0.29) is 28.6 Å². The van der Waals surface area contributed by atoms with Crippen LogP contribution in [-0.4, -0.2) is 21.5 Å². The van der Waals surface area contributed by atoms with Crippen LogP contribution in [0.15, 0.2) is 90.0 Å². The van der Waals surface area contributed by atoms with E-state index in [1.165, 1.54) is 22.3 Å². The summed E-state index contributed by atoms with van der Waals surface area (Å²) in [5.74, 6) is 4.00. The molecule has 9 heteroatoms. The van der Waals surface area contributed by atoms with Crippen LogP contribution in [0.2, 0.25) is 0 Å². The maximum absolute atomic E-state index is 14.0. The number of aliphatic hydroxyl groups excluding tert-OH is 1. The molecule has 62 heavy (non-hydrogen) atoms. The van der Waals surface area contributed by atoms with Gasteiger partial charge in [0.2, 0.25) is 0 Å². The smallest absolute Gasteiger partial charge is 0.270 e. The molecular formula is C53H63BrF4O4. The highest BCUT2D eigenvalue weighted by atomic mass is 79.9. The zero-order valence-electron chi connectivity index (χ0n) is 36.3. The number of phenolic OH excluding ortho intramolecular Hbond substituents is 1. The topological polar surface area (TPSA) is 66.8 Å². The predicted molar refractivity (Wildman–Crippen MR) is 240 cm³/mol. The van der Waals surface area contributed by atoms with E-state index in [0.29, 0.717) is 78.3 Å². The zero-order chi connectivity index (χ0) is 43.8. The van der Waals surface area contributed by atoms with Gasteiger partial charge < -0.3 is 14.9 Å². The van der Waals surface area contributed by atoms with Crippen molar-refractivity contribution in [3.05, 3.63) is 118 Å². The molecule has 2 N–H and O–H groups in total. The first-order chi connectivity index (χ1) is 29.8. The number of rotatable bonds is 11. The standard InChI is InChI=1S/C30H36F2O2.C23H27BrF2O2/c1-30-15-14-25-24-13-11-23(34-19-20-7-3-2-4-8-20)17-21(24)10-12-26(25)28(30)22(9-5-6-16-33)18-27(30)29(31)32;1-23-10-9-17-16-8-6-15(27)11-13(16)5-7-18(17)21(23)14(3-2-4-20(24)28)12-19(23)22(25)26/h2-4,7-8,11,13,17,22,25-26,28,33H,5-6,9-10,12,14-16,18-19H2,1H3;6,8,11,14,17-18,21,27H,2-5,7,9-10,12H2,1H3/t22-,25-,26-,28+,30-;14-,17-,18-,21+,23-/m11/s1. The van der Waals surface area contributed by atoms with Gasteiger partial charge in [-0.25, -0.2) is 0 Å². The van der Waals surface area contributed by atoms with Gasteiger partial charge in [0.05, 0.1) is 0 Å². The van der Waals surface area contributed by atoms with Crippen molar-refractivity contribution in [1.82, 2.24) is 0 Å². The van der Waals surface area contributed by atoms with E-state index in [1.807, 2.05) is 30.3 Å². The lowest BCUT2D eigenvalue weighted by Gasteiger charge is -2.51. The summed E-state index contributed by atoms with van der Waals surface area (Å²) in [7, 11) is 0. The summed E-state index contributed by atoms with van der Waals surface area (Å²) in [4.78, 5) is 11.3. The minimum atomic E-state index is -1.48. The SMILES string of the molecule is C[C@]12CC[C@@H]3c4ccc(O)cc4CC[C@H]3[C@@H]1[C@H](CCCC(=O)Br)CC2=C(F)F.C[C@]12CC[C@@H]3c4ccc(OCc5ccccc5)cc4CC[C@H]3[C@@H]1[C@H](CCCCO)CC2=C(F)F. The monoisotopic (exact) mass is 918 g/mol. The van der Waals surface area contributed by atoms with E-state index < -0.39 is 17.6 Å². The first kappa shape index (κ1) is 45.1. The predicted octanol–water partition coefficient (Wildman–Crippen LogP) is 14.4. The molecule has 0 saturated heterocycles. The highest BCUT2D eigenvalue weighted by Crippen LogP contribution is 2.68. The Morgan fingerprint density at radius 3 is 1.82 bits per heavy atom. The van der Waals surface area contributed by atoms with E-state index in [0.717, 1.165) is 94.8 Å². The molecule has 10 atom stereocenters. The van der Waals surface area contributed by atoms with Crippen molar-refractivity contribution >= 4 is 20.6 Å². The number of ether oxygens (including phenoxy) is 1. The molecule has 3 aromatic rings. The largest absolute Gasteiger partial charge is 0.508 e. The number of carbonyl (C=O) groups excluding carboxylic acids is 1. The molecule has 0 amide bonds. The summed E-state index contributed by atoms with van der Waals surface area (Å²) >= 11 is 2.99. The molecule has 3 aromatic carbocycles. The molecule has 0 aliphatic heterocycles. The van der Waals surface area contributed by atoms with Crippen molar-refractivity contribution in [2.75, 3.05) is 6.61 Å². The molecule has 6 aliphatic rings. The van der Waals surface area contributed by atoms with E-state index in [9.17, 15) is 32.6 Å². The lowest BCUT2D eigenvalue weighted by atomic mass is 9.53. The van der Waals surface area contributed by atoms with E-state index in [4.69, 9.17) is 4.74 Å². The number of carbonyl (C=O) groups is 1. The third kappa shape index (κ3) is 8.84. The first-order valence-corrected chi connectivity index (χ1v) is 24.1. The molecule has 0 radical (unpaired) electrons. The Bertz CT molecular complexity index is 2150. The second-order valence-corrected chi connectivity index (χ2v) is 20.9. The number of hydrogen-bond acceptors (Lipinski definition) is 4. The maximum Gasteiger partial charge on any atom is 0.270 e. The lowest BCUT2D eigenvalue weighted by Crippen LogP contribution is -2.42. The Morgan fingerprint density at radius 1 is 0.726 bits per heavy atom. The molecule has 0 spiro atoms. The number of hydrogen-bond donors (Lipinski definition) is 2. The van der Waals surface area contributed by atoms with Crippen molar-refractivity contribution in [1.29, 1.82) is 0 Å². The Balaban J connectivity index is 0.000000174. The molecule has 4 fully saturated rings. The molecule has 0 unspecified atom stereocenters. The Labute approximate surface area is 373 Å². The van der Waals surface area contributed by atoms with Crippen molar-refractivity contribution in [3.8, 4) is 11.5 Å². The van der Waals surface area contributed by atoms with Gasteiger partial charge in [-0.2, -0.15) is 17.6 Å². The number of unbranched alkanes of at least 4 members (excludes halogenated alkanes) is 1. The minimum absolute atomic E-state index is 0.00591. The van der Waals surface area contributed by atoms with Gasteiger partial charge in [-0.15, -0.1) is 0 Å². The maximum atomic E-state index is 14.0. The van der Waals surface area contributed by atoms with Crippen LogP contribution >= 0.6 is 15.9 Å². The van der Waals surface area contributed by atoms with E-state index in [1.54, 1.807) is 6.07 Å². The van der Waals surface area contributed by atoms with Crippen molar-refractivity contribution in [2.45, 2.75) is 135 Å². The molecule has 0 bridgehead atoms. The van der Waals surface area contributed by atoms with E-state index in [2.05, 4.69) is 60.1 Å². The van der Waals surface area contributed by atoms with Crippen LogP contribution in [0.5, 0.6) is 11.5 Å². The molecule has 334 valence electrons. The van der Waals surface area contributed by atoms with Crippen LogP contribution in [0.1, 0.15) is 143 Å². The fourth-order valence-electron chi connectivity index (χ4n) is 14.3. The van der Waals surface area contributed by atoms with Crippen LogP contribution < -0.4 is 4.74 Å². The van der Waals surface area contributed by atoms with Gasteiger partial charge in [0.1, 0.15) is 18.1 Å². The number of fused-ring (bicyclic) bond motifs is 10. The number of aliphatic hydroxyl groups is 1. The number of allylic oxidation sites excluding steroid dienone is 2. The molecule has 6 aliphatic carbocycles. The average Bonchev–Trinajstić information content (AvgIpc) is 3.74. The highest BCUT2D eigenvalue weighted by Gasteiger charge is 2.59. The summed E-state index contributed by atoms with van der Waals surface area (Å²) in [5.41, 5.74) is 6.49. The van der Waals surface area contributed by atoms with Gasteiger partial charge in [-0.05, 0) is 216 Å². The molecule has 4 saturated carbocycles. The highest BCUT2D eigenvalue weighted by molar-refractivity contribution is 9.18. The third-order valence-electron chi connectivity index (χ3n) is 16.9. The van der Waals surface area contributed by atoms with Crippen LogP contribution in [-0.2, 0) is 24.2 Å². The van der Waals surface area contributed by atoms with Crippen LogP contribution in [0.3, 0.4) is 0 Å². The van der Waals surface area contributed by atoms with Crippen molar-refractivity contribution < 1.29 is 37.3 Å². The normalized spacial score (nSPS) is 31.6. The van der Waals surface area contributed by atoms with Gasteiger partial charge >= 0.3 is 0 Å². The molecule has 4 nitrogen and oxygen atoms in total. The number of phenols is 1. The Kier molecular flexibility index (Phi) is 13.8. The first-order valence-electron chi connectivity index (χ1n) is 23.3. The van der Waals surface area contributed by atoms with E-state index >= 15 is 0 Å². The quantitative estimate of drug-likeness (QED) is 0.114. The summed E-state index contributed by atoms with van der Waals surface area (Å²) in [6.45, 7) is 4.92. The molecule has 0 heterocycles. The number of halogens is 5. The second kappa shape index (κ2) is 19.0. The second-order valence-electron chi connectivity index (χ2n) is 20.0. The number of benzene rings is 3. The van der Waals surface area contributed by atoms with Crippen molar-refractivity contribution in [2.24, 2.45) is 46.3 Å². The number of aryl methyl sites for hydroxylation is 2. The summed E-state index contributed by atoms with van der Waals surface area (Å²) in [6, 6.07) is 22.4. The Hall–Kier alpha value is -3.43. The molecular weight excluding hydrogens is 856 g/mol. The minimum Gasteiger partial charge on any atom is -0.508 e. The fourth-order valence-corrected chi connectivity index (χ4v) is 14.6. The summed E-state index contributed by atoms with van der Waals surface area (Å²) in [6.07, 6.45) is 10.3. The Morgan fingerprint density at radius 2 is 1.27 bits per heavy atom. The van der Waals surface area contributed by atoms with Crippen LogP contribution in [0.4, 0.5) is 17.6 Å². The summed E-state index contributed by atoms with van der Waals surface area (Å²) < 4.78 is 61.9. The lowest BCUT2D eigenvalue weighted by molar-refractivity contribution is -0.110. The van der Waals surface area contributed by atoms with Crippen LogP contribution in [0.25, 0.3) is 0 Å². The zero-order valence-corrected chi connectivity index (χ0v) is 37.9. The van der Waals surface area contributed by atoms with Crippen LogP contribution in [0, 0.1) is 46.3 Å². The molecule has 9 rings (SSSR count). The molecule has 0 aromatic heterocycles. The van der Waals surface area contributed by atoms with Crippen molar-refractivity contribution in [3.63, 3.8) is 0 Å². The average molecular weight is 920 g/mol. The van der Waals surface area contributed by atoms with Gasteiger partial charge in [0, 0.05) is 24.2 Å². The fraction of sp³-hybridized carbons (Fsp3) is 0.566.